The largest absolute Gasteiger partial charge is 0.369 e. The minimum absolute atomic E-state index is 0.0955. The molecule has 0 fully saturated rings. The number of nitrogens with one attached hydrogen (secondary N) is 2. The molecule has 4 N–H and O–H groups in total. The number of nitrogens with zero attached hydrogens (tertiary/aromatic N) is 2. The van der Waals surface area contributed by atoms with Crippen molar-refractivity contribution in [2.75, 3.05) is 54.4 Å². The fourth-order valence-electron chi connectivity index (χ4n) is 2.99. The number of primary amides is 1. The third-order valence-electron chi connectivity index (χ3n) is 4.75. The molecule has 3 amide bonds. The van der Waals surface area contributed by atoms with Gasteiger partial charge in [-0.15, -0.1) is 11.8 Å². The lowest BCUT2D eigenvalue weighted by Gasteiger charge is -2.32. The number of likely N-dealkylation sites (N-methyl/N-ethyl adjacent to an activating group) is 2. The Balaban J connectivity index is 5.17. The average Bonchev–Trinajstić information content (AvgIpc) is 2.57. The van der Waals surface area contributed by atoms with Crippen LogP contribution < -0.4 is 16.4 Å². The number of carbonyl (C=O) groups is 3. The van der Waals surface area contributed by atoms with E-state index >= 15 is 0 Å². The normalized spacial score (nSPS) is 14.1. The van der Waals surface area contributed by atoms with E-state index in [1.165, 1.54) is 11.8 Å². The minimum atomic E-state index is -0.540. The highest BCUT2D eigenvalue weighted by molar-refractivity contribution is 8.01. The van der Waals surface area contributed by atoms with Gasteiger partial charge in [-0.1, -0.05) is 27.7 Å². The van der Waals surface area contributed by atoms with Gasteiger partial charge in [-0.25, -0.2) is 0 Å². The lowest BCUT2D eigenvalue weighted by molar-refractivity contribution is -0.126. The van der Waals surface area contributed by atoms with Crippen molar-refractivity contribution >= 4 is 29.5 Å². The Labute approximate surface area is 187 Å². The van der Waals surface area contributed by atoms with Crippen LogP contribution in [0.3, 0.4) is 0 Å². The van der Waals surface area contributed by atoms with E-state index in [4.69, 9.17) is 5.73 Å². The molecule has 0 saturated carbocycles. The van der Waals surface area contributed by atoms with Crippen LogP contribution >= 0.6 is 11.8 Å². The maximum absolute atomic E-state index is 12.8. The standard InChI is InChI=1S/C21H43N5O3S/c1-15(2)16(19(22)28)14-21(3,4)30-17(20(29)24-10-12-26(7)8)13-18(27)23-9-11-25(5)6/h15-17H,9-14H2,1-8H3,(H2,22,28)(H,23,27)(H,24,29). The minimum Gasteiger partial charge on any atom is -0.369 e. The summed E-state index contributed by atoms with van der Waals surface area (Å²) in [6.45, 7) is 10.4. The second-order valence-corrected chi connectivity index (χ2v) is 11.2. The summed E-state index contributed by atoms with van der Waals surface area (Å²) in [6.07, 6.45) is 0.645. The summed E-state index contributed by atoms with van der Waals surface area (Å²) in [6, 6.07) is 0. The van der Waals surface area contributed by atoms with Crippen LogP contribution in [0.4, 0.5) is 0 Å². The van der Waals surface area contributed by atoms with Crippen molar-refractivity contribution in [1.29, 1.82) is 0 Å². The zero-order valence-corrected chi connectivity index (χ0v) is 20.9. The van der Waals surface area contributed by atoms with E-state index in [1.54, 1.807) is 0 Å². The lowest BCUT2D eigenvalue weighted by atomic mass is 9.87. The second-order valence-electron chi connectivity index (χ2n) is 9.27. The predicted octanol–water partition coefficient (Wildman–Crippen LogP) is 0.760. The van der Waals surface area contributed by atoms with E-state index in [2.05, 4.69) is 10.6 Å². The molecule has 0 aliphatic rings. The Kier molecular flexibility index (Phi) is 13.3. The zero-order chi connectivity index (χ0) is 23.5. The Morgan fingerprint density at radius 1 is 0.967 bits per heavy atom. The lowest BCUT2D eigenvalue weighted by Crippen LogP contribution is -2.42. The van der Waals surface area contributed by atoms with Crippen molar-refractivity contribution in [1.82, 2.24) is 20.4 Å². The van der Waals surface area contributed by atoms with E-state index in [1.807, 2.05) is 65.7 Å². The Morgan fingerprint density at radius 2 is 1.47 bits per heavy atom. The zero-order valence-electron chi connectivity index (χ0n) is 20.1. The van der Waals surface area contributed by atoms with Gasteiger partial charge in [-0.05, 0) is 40.5 Å². The summed E-state index contributed by atoms with van der Waals surface area (Å²) in [7, 11) is 7.76. The fourth-order valence-corrected chi connectivity index (χ4v) is 4.46. The van der Waals surface area contributed by atoms with Gasteiger partial charge in [0.05, 0.1) is 5.25 Å². The first kappa shape index (κ1) is 28.7. The van der Waals surface area contributed by atoms with Gasteiger partial charge in [0.15, 0.2) is 0 Å². The molecular formula is C21H43N5O3S. The summed E-state index contributed by atoms with van der Waals surface area (Å²) in [5.74, 6) is -0.795. The molecule has 0 aromatic carbocycles. The van der Waals surface area contributed by atoms with E-state index in [9.17, 15) is 14.4 Å². The number of hydrogen-bond acceptors (Lipinski definition) is 6. The third-order valence-corrected chi connectivity index (χ3v) is 6.22. The maximum atomic E-state index is 12.8. The highest BCUT2D eigenvalue weighted by Gasteiger charge is 2.34. The van der Waals surface area contributed by atoms with Crippen LogP contribution in [0, 0.1) is 11.8 Å². The first-order chi connectivity index (χ1) is 13.7. The number of hydrogen-bond donors (Lipinski definition) is 3. The van der Waals surface area contributed by atoms with Gasteiger partial charge in [0.1, 0.15) is 0 Å². The van der Waals surface area contributed by atoms with Crippen molar-refractivity contribution in [2.45, 2.75) is 50.5 Å². The Hall–Kier alpha value is -1.32. The van der Waals surface area contributed by atoms with Crippen LogP contribution in [0.1, 0.15) is 40.5 Å². The van der Waals surface area contributed by atoms with Crippen LogP contribution in [0.5, 0.6) is 0 Å². The first-order valence-electron chi connectivity index (χ1n) is 10.6. The molecular weight excluding hydrogens is 402 g/mol. The van der Waals surface area contributed by atoms with Crippen LogP contribution in [0.2, 0.25) is 0 Å². The molecule has 0 saturated heterocycles. The summed E-state index contributed by atoms with van der Waals surface area (Å²) < 4.78 is -0.391. The van der Waals surface area contributed by atoms with Crippen LogP contribution in [-0.2, 0) is 14.4 Å². The molecule has 0 aromatic rings. The molecule has 0 heterocycles. The van der Waals surface area contributed by atoms with Gasteiger partial charge < -0.3 is 26.2 Å². The highest BCUT2D eigenvalue weighted by atomic mass is 32.2. The second kappa shape index (κ2) is 13.9. The molecule has 0 radical (unpaired) electrons. The van der Waals surface area contributed by atoms with E-state index in [0.29, 0.717) is 19.5 Å². The first-order valence-corrected chi connectivity index (χ1v) is 11.4. The molecule has 2 atom stereocenters. The molecule has 176 valence electrons. The highest BCUT2D eigenvalue weighted by Crippen LogP contribution is 2.37. The molecule has 2 unspecified atom stereocenters. The number of thioether (sulfide) groups is 1. The monoisotopic (exact) mass is 445 g/mol. The maximum Gasteiger partial charge on any atom is 0.233 e. The fraction of sp³-hybridized carbons (Fsp3) is 0.857. The molecule has 0 aliphatic heterocycles. The van der Waals surface area contributed by atoms with Crippen molar-refractivity contribution in [2.24, 2.45) is 17.6 Å². The summed E-state index contributed by atoms with van der Waals surface area (Å²) >= 11 is 1.44. The third kappa shape index (κ3) is 13.1. The number of carbonyl (C=O) groups excluding carboxylic acids is 3. The van der Waals surface area contributed by atoms with E-state index in [-0.39, 0.29) is 36.0 Å². The predicted molar refractivity (Wildman–Crippen MR) is 125 cm³/mol. The molecule has 9 heteroatoms. The summed E-state index contributed by atoms with van der Waals surface area (Å²) in [4.78, 5) is 41.1. The molecule has 0 spiro atoms. The molecule has 0 rings (SSSR count). The topological polar surface area (TPSA) is 108 Å². The van der Waals surface area contributed by atoms with Gasteiger partial charge in [-0.2, -0.15) is 0 Å². The Morgan fingerprint density at radius 3 is 1.90 bits per heavy atom. The smallest absolute Gasteiger partial charge is 0.233 e. The summed E-state index contributed by atoms with van der Waals surface area (Å²) in [5, 5.41) is 5.27. The molecule has 30 heavy (non-hydrogen) atoms. The van der Waals surface area contributed by atoms with Crippen LogP contribution in [-0.4, -0.2) is 91.9 Å². The van der Waals surface area contributed by atoms with Crippen molar-refractivity contribution in [3.8, 4) is 0 Å². The summed E-state index contributed by atoms with van der Waals surface area (Å²) in [5.41, 5.74) is 5.59. The molecule has 0 aliphatic carbocycles. The van der Waals surface area contributed by atoms with Crippen molar-refractivity contribution < 1.29 is 14.4 Å². The van der Waals surface area contributed by atoms with Gasteiger partial charge >= 0.3 is 0 Å². The molecule has 0 aromatic heterocycles. The molecule has 0 bridgehead atoms. The SMILES string of the molecule is CC(C)C(CC(C)(C)SC(CC(=O)NCCN(C)C)C(=O)NCCN(C)C)C(N)=O. The average molecular weight is 446 g/mol. The van der Waals surface area contributed by atoms with Crippen LogP contribution in [0.25, 0.3) is 0 Å². The van der Waals surface area contributed by atoms with E-state index < -0.39 is 10.00 Å². The van der Waals surface area contributed by atoms with Crippen molar-refractivity contribution in [3.63, 3.8) is 0 Å². The van der Waals surface area contributed by atoms with Gasteiger partial charge in [0.2, 0.25) is 17.7 Å². The van der Waals surface area contributed by atoms with Gasteiger partial charge in [0.25, 0.3) is 0 Å². The Bertz CT molecular complexity index is 553. The van der Waals surface area contributed by atoms with Gasteiger partial charge in [0, 0.05) is 43.3 Å². The number of rotatable bonds is 15. The number of nitrogens with two attached hydrogens (primary N) is 1. The quantitative estimate of drug-likeness (QED) is 0.343. The van der Waals surface area contributed by atoms with Gasteiger partial charge in [-0.3, -0.25) is 14.4 Å². The molecule has 8 nitrogen and oxygen atoms in total. The van der Waals surface area contributed by atoms with E-state index in [0.717, 1.165) is 13.1 Å². The number of amides is 3. The van der Waals surface area contributed by atoms with Crippen LogP contribution in [0.15, 0.2) is 0 Å². The van der Waals surface area contributed by atoms with Crippen molar-refractivity contribution in [3.05, 3.63) is 0 Å².